The van der Waals surface area contributed by atoms with Crippen LogP contribution in [0.4, 0.5) is 22.1 Å². The van der Waals surface area contributed by atoms with Crippen molar-refractivity contribution < 1.29 is 19.0 Å². The van der Waals surface area contributed by atoms with Gasteiger partial charge in [0.1, 0.15) is 22.9 Å². The molecule has 0 atom stereocenters. The van der Waals surface area contributed by atoms with Gasteiger partial charge in [0, 0.05) is 12.1 Å². The first-order valence-corrected chi connectivity index (χ1v) is 13.7. The molecule has 39 heavy (non-hydrogen) atoms. The summed E-state index contributed by atoms with van der Waals surface area (Å²) in [6, 6.07) is 12.0. The van der Waals surface area contributed by atoms with E-state index in [1.807, 2.05) is 30.3 Å². The summed E-state index contributed by atoms with van der Waals surface area (Å²) in [5.41, 5.74) is 0.960. The fourth-order valence-electron chi connectivity index (χ4n) is 4.30. The topological polar surface area (TPSA) is 104 Å². The van der Waals surface area contributed by atoms with Gasteiger partial charge in [-0.15, -0.1) is 5.10 Å². The molecular weight excluding hydrogens is 496 g/mol. The van der Waals surface area contributed by atoms with Crippen molar-refractivity contribution in [3.05, 3.63) is 42.5 Å². The van der Waals surface area contributed by atoms with Crippen LogP contribution in [0.1, 0.15) is 65.2 Å². The van der Waals surface area contributed by atoms with E-state index in [4.69, 9.17) is 14.2 Å². The summed E-state index contributed by atoms with van der Waals surface area (Å²) < 4.78 is 16.3. The van der Waals surface area contributed by atoms with Crippen molar-refractivity contribution in [1.82, 2.24) is 20.2 Å². The fraction of sp³-hybridized carbons (Fsp3) is 0.517. The average Bonchev–Trinajstić information content (AvgIpc) is 3.40. The smallest absolute Gasteiger partial charge is 0.333 e. The highest BCUT2D eigenvalue weighted by Crippen LogP contribution is 2.39. The number of anilines is 3. The molecule has 0 saturated carbocycles. The van der Waals surface area contributed by atoms with Gasteiger partial charge in [0.15, 0.2) is 0 Å². The second kappa shape index (κ2) is 15.6. The molecule has 0 fully saturated rings. The Morgan fingerprint density at radius 1 is 0.897 bits per heavy atom. The number of ether oxygens (including phenoxy) is 3. The number of carbonyl (C=O) groups is 1. The van der Waals surface area contributed by atoms with Gasteiger partial charge in [-0.05, 0) is 29.7 Å². The summed E-state index contributed by atoms with van der Waals surface area (Å²) in [6.07, 6.45) is 9.79. The minimum Gasteiger partial charge on any atom is -0.496 e. The number of para-hydroxylation sites is 1. The maximum Gasteiger partial charge on any atom is 0.333 e. The molecule has 1 heterocycles. The lowest BCUT2D eigenvalue weighted by molar-refractivity contribution is 0.258. The van der Waals surface area contributed by atoms with Crippen LogP contribution >= 0.6 is 0 Å². The quantitative estimate of drug-likeness (QED) is 0.199. The summed E-state index contributed by atoms with van der Waals surface area (Å²) in [7, 11) is 4.57. The standard InChI is InChI=1S/C29H42N6O4/c1-22(2)16-12-9-7-6-8-10-15-19-34-32-28(31-33-34)35(23-17-13-11-14-18-23)29(36)30-27-25(38-4)20-24(37-3)21-26(27)39-5/h11,13-14,17-18,20-22H,6-10,12,15-16,19H2,1-5H3,(H,30,36). The molecule has 0 aliphatic carbocycles. The molecule has 1 aromatic heterocycles. The highest BCUT2D eigenvalue weighted by Gasteiger charge is 2.25. The Balaban J connectivity index is 1.66. The SMILES string of the molecule is COc1cc(OC)c(NC(=O)N(c2ccccc2)c2nnn(CCCCCCCCCC(C)C)n2)c(OC)c1. The lowest BCUT2D eigenvalue weighted by Gasteiger charge is -2.21. The van der Waals surface area contributed by atoms with E-state index in [1.54, 1.807) is 24.0 Å². The van der Waals surface area contributed by atoms with Gasteiger partial charge < -0.3 is 19.5 Å². The molecule has 1 N–H and O–H groups in total. The van der Waals surface area contributed by atoms with Crippen molar-refractivity contribution in [3.8, 4) is 17.2 Å². The van der Waals surface area contributed by atoms with Crippen LogP contribution < -0.4 is 24.4 Å². The summed E-state index contributed by atoms with van der Waals surface area (Å²) in [6.45, 7) is 5.21. The van der Waals surface area contributed by atoms with Crippen molar-refractivity contribution in [2.45, 2.75) is 71.8 Å². The first-order chi connectivity index (χ1) is 19.0. The van der Waals surface area contributed by atoms with Gasteiger partial charge in [-0.25, -0.2) is 9.69 Å². The lowest BCUT2D eigenvalue weighted by Crippen LogP contribution is -2.32. The Morgan fingerprint density at radius 2 is 1.51 bits per heavy atom. The van der Waals surface area contributed by atoms with Crippen LogP contribution in [0.2, 0.25) is 0 Å². The van der Waals surface area contributed by atoms with Gasteiger partial charge in [0.05, 0.1) is 33.6 Å². The predicted molar refractivity (Wildman–Crippen MR) is 153 cm³/mol. The summed E-state index contributed by atoms with van der Waals surface area (Å²) in [5.74, 6) is 2.29. The first-order valence-electron chi connectivity index (χ1n) is 13.7. The number of hydrogen-bond acceptors (Lipinski definition) is 7. The molecule has 0 radical (unpaired) electrons. The lowest BCUT2D eigenvalue weighted by atomic mass is 10.0. The fourth-order valence-corrected chi connectivity index (χ4v) is 4.30. The summed E-state index contributed by atoms with van der Waals surface area (Å²) >= 11 is 0. The number of hydrogen-bond donors (Lipinski definition) is 1. The van der Waals surface area contributed by atoms with Crippen LogP contribution in [0.15, 0.2) is 42.5 Å². The third kappa shape index (κ3) is 8.87. The molecule has 0 unspecified atom stereocenters. The summed E-state index contributed by atoms with van der Waals surface area (Å²) in [5, 5.41) is 15.8. The number of carbonyl (C=O) groups excluding carboxylic acids is 1. The first kappa shape index (κ1) is 29.7. The molecule has 2 amide bonds. The zero-order valence-corrected chi connectivity index (χ0v) is 23.9. The minimum atomic E-state index is -0.486. The maximum atomic E-state index is 13.6. The predicted octanol–water partition coefficient (Wildman–Crippen LogP) is 6.85. The number of aromatic nitrogens is 4. The molecule has 0 bridgehead atoms. The number of rotatable bonds is 16. The van der Waals surface area contributed by atoms with Crippen molar-refractivity contribution in [1.29, 1.82) is 0 Å². The van der Waals surface area contributed by atoms with Gasteiger partial charge in [0.2, 0.25) is 0 Å². The van der Waals surface area contributed by atoms with E-state index in [-0.39, 0.29) is 5.95 Å². The number of urea groups is 1. The van der Waals surface area contributed by atoms with Crippen LogP contribution in [0, 0.1) is 5.92 Å². The zero-order valence-electron chi connectivity index (χ0n) is 23.9. The number of aryl methyl sites for hydroxylation is 1. The van der Waals surface area contributed by atoms with E-state index in [0.717, 1.165) is 18.8 Å². The molecule has 3 aromatic rings. The van der Waals surface area contributed by atoms with E-state index in [2.05, 4.69) is 34.6 Å². The maximum absolute atomic E-state index is 13.6. The largest absolute Gasteiger partial charge is 0.496 e. The molecule has 0 saturated heterocycles. The van der Waals surface area contributed by atoms with E-state index in [1.165, 1.54) is 57.6 Å². The normalized spacial score (nSPS) is 10.9. The van der Waals surface area contributed by atoms with Gasteiger partial charge in [-0.1, -0.05) is 82.1 Å². The number of nitrogens with one attached hydrogen (secondary N) is 1. The van der Waals surface area contributed by atoms with Crippen LogP contribution in [-0.4, -0.2) is 47.6 Å². The Bertz CT molecular complexity index is 1130. The number of nitrogens with zero attached hydrogens (tertiary/aromatic N) is 5. The van der Waals surface area contributed by atoms with Crippen LogP contribution in [0.5, 0.6) is 17.2 Å². The minimum absolute atomic E-state index is 0.176. The molecule has 0 spiro atoms. The average molecular weight is 539 g/mol. The Hall–Kier alpha value is -3.82. The van der Waals surface area contributed by atoms with E-state index >= 15 is 0 Å². The number of unbranched alkanes of at least 4 members (excludes halogenated alkanes) is 6. The van der Waals surface area contributed by atoms with E-state index in [9.17, 15) is 4.79 Å². The van der Waals surface area contributed by atoms with Gasteiger partial charge in [0.25, 0.3) is 5.95 Å². The number of amides is 2. The number of methoxy groups -OCH3 is 3. The third-order valence-corrected chi connectivity index (χ3v) is 6.45. The number of tetrazole rings is 1. The Morgan fingerprint density at radius 3 is 2.10 bits per heavy atom. The summed E-state index contributed by atoms with van der Waals surface area (Å²) in [4.78, 5) is 16.5. The molecule has 10 nitrogen and oxygen atoms in total. The van der Waals surface area contributed by atoms with Crippen LogP contribution in [0.3, 0.4) is 0 Å². The van der Waals surface area contributed by atoms with Crippen molar-refractivity contribution in [3.63, 3.8) is 0 Å². The third-order valence-electron chi connectivity index (χ3n) is 6.45. The highest BCUT2D eigenvalue weighted by atomic mass is 16.5. The molecule has 0 aliphatic heterocycles. The monoisotopic (exact) mass is 538 g/mol. The van der Waals surface area contributed by atoms with E-state index < -0.39 is 6.03 Å². The van der Waals surface area contributed by atoms with Gasteiger partial charge >= 0.3 is 6.03 Å². The van der Waals surface area contributed by atoms with Gasteiger partial charge in [-0.2, -0.15) is 4.80 Å². The zero-order chi connectivity index (χ0) is 28.0. The molecule has 10 heteroatoms. The van der Waals surface area contributed by atoms with Crippen molar-refractivity contribution in [2.75, 3.05) is 31.5 Å². The Kier molecular flexibility index (Phi) is 11.9. The highest BCUT2D eigenvalue weighted by molar-refractivity contribution is 6.07. The molecular formula is C29H42N6O4. The Labute approximate surface area is 231 Å². The second-order valence-corrected chi connectivity index (χ2v) is 9.85. The molecule has 3 rings (SSSR count). The van der Waals surface area contributed by atoms with E-state index in [0.29, 0.717) is 35.2 Å². The van der Waals surface area contributed by atoms with Crippen molar-refractivity contribution >= 4 is 23.4 Å². The van der Waals surface area contributed by atoms with Crippen LogP contribution in [-0.2, 0) is 6.54 Å². The molecule has 212 valence electrons. The van der Waals surface area contributed by atoms with Crippen molar-refractivity contribution in [2.24, 2.45) is 5.92 Å². The molecule has 0 aliphatic rings. The number of benzene rings is 2. The van der Waals surface area contributed by atoms with Gasteiger partial charge in [-0.3, -0.25) is 0 Å². The molecule has 2 aromatic carbocycles. The van der Waals surface area contributed by atoms with Crippen LogP contribution in [0.25, 0.3) is 0 Å². The second-order valence-electron chi connectivity index (χ2n) is 9.85.